The highest BCUT2D eigenvalue weighted by molar-refractivity contribution is 5.82. The Bertz CT molecular complexity index is 941. The highest BCUT2D eigenvalue weighted by Gasteiger charge is 2.25. The molecule has 28 heavy (non-hydrogen) atoms. The fraction of sp³-hybridized carbons (Fsp3) is 0.409. The molecule has 146 valence electrons. The van der Waals surface area contributed by atoms with Gasteiger partial charge in [-0.05, 0) is 55.4 Å². The van der Waals surface area contributed by atoms with E-state index in [1.807, 2.05) is 0 Å². The molecule has 0 amide bonds. The Morgan fingerprint density at radius 2 is 1.82 bits per heavy atom. The monoisotopic (exact) mass is 379 g/mol. The van der Waals surface area contributed by atoms with Gasteiger partial charge in [0.2, 0.25) is 0 Å². The highest BCUT2D eigenvalue weighted by atomic mass is 16.5. The lowest BCUT2D eigenvalue weighted by molar-refractivity contribution is -0.137. The van der Waals surface area contributed by atoms with Crippen LogP contribution >= 0.6 is 0 Å². The lowest BCUT2D eigenvalue weighted by Crippen LogP contribution is -2.30. The van der Waals surface area contributed by atoms with Crippen molar-refractivity contribution in [2.75, 3.05) is 35.2 Å². The molecule has 0 bridgehead atoms. The van der Waals surface area contributed by atoms with Crippen molar-refractivity contribution < 1.29 is 14.6 Å². The van der Waals surface area contributed by atoms with E-state index in [4.69, 9.17) is 9.84 Å². The van der Waals surface area contributed by atoms with Crippen molar-refractivity contribution in [3.63, 3.8) is 0 Å². The zero-order chi connectivity index (χ0) is 19.1. The summed E-state index contributed by atoms with van der Waals surface area (Å²) in [5.41, 5.74) is 7.04. The van der Waals surface area contributed by atoms with Crippen molar-refractivity contribution in [2.24, 2.45) is 0 Å². The third-order valence-electron chi connectivity index (χ3n) is 5.85. The third kappa shape index (κ3) is 3.13. The molecule has 0 spiro atoms. The summed E-state index contributed by atoms with van der Waals surface area (Å²) in [6.07, 6.45) is 5.26. The minimum atomic E-state index is -0.733. The normalized spacial score (nSPS) is 16.5. The van der Waals surface area contributed by atoms with Crippen LogP contribution in [-0.4, -0.2) is 30.7 Å². The second-order valence-electron chi connectivity index (χ2n) is 7.83. The number of carboxylic acids is 1. The number of benzene rings is 2. The molecule has 0 atom stereocenters. The van der Waals surface area contributed by atoms with Gasteiger partial charge in [0.15, 0.2) is 11.5 Å². The van der Waals surface area contributed by atoms with Gasteiger partial charge in [-0.1, -0.05) is 0 Å². The first kappa shape index (κ1) is 17.2. The van der Waals surface area contributed by atoms with Gasteiger partial charge in [-0.3, -0.25) is 4.79 Å². The number of nitrogens with zero attached hydrogens (tertiary/aromatic N) is 1. The second-order valence-corrected chi connectivity index (χ2v) is 7.83. The summed E-state index contributed by atoms with van der Waals surface area (Å²) in [5, 5.41) is 15.9. The van der Waals surface area contributed by atoms with Crippen LogP contribution < -0.4 is 20.3 Å². The SMILES string of the molecule is O=C(O)CCCN1CCCc2cc3c(cc21)Oc1cc2c(cc1N3)CCCN2. The maximum Gasteiger partial charge on any atom is 0.303 e. The number of anilines is 4. The van der Waals surface area contributed by atoms with Crippen LogP contribution in [0.4, 0.5) is 22.7 Å². The smallest absolute Gasteiger partial charge is 0.303 e. The molecule has 2 aromatic rings. The maximum atomic E-state index is 10.8. The first-order valence-electron chi connectivity index (χ1n) is 10.2. The summed E-state index contributed by atoms with van der Waals surface area (Å²) >= 11 is 0. The molecular formula is C22H25N3O3. The summed E-state index contributed by atoms with van der Waals surface area (Å²) < 4.78 is 6.28. The minimum absolute atomic E-state index is 0.209. The number of rotatable bonds is 4. The van der Waals surface area contributed by atoms with E-state index in [1.165, 1.54) is 22.5 Å². The fourth-order valence-corrected chi connectivity index (χ4v) is 4.47. The molecule has 0 saturated heterocycles. The number of fused-ring (bicyclic) bond motifs is 4. The van der Waals surface area contributed by atoms with E-state index in [2.05, 4.69) is 39.8 Å². The first-order chi connectivity index (χ1) is 13.7. The average molecular weight is 379 g/mol. The van der Waals surface area contributed by atoms with Crippen molar-refractivity contribution in [2.45, 2.75) is 38.5 Å². The molecule has 0 fully saturated rings. The molecule has 2 aromatic carbocycles. The predicted molar refractivity (Wildman–Crippen MR) is 110 cm³/mol. The minimum Gasteiger partial charge on any atom is -0.481 e. The summed E-state index contributed by atoms with van der Waals surface area (Å²) in [6, 6.07) is 8.63. The number of hydrogen-bond acceptors (Lipinski definition) is 5. The van der Waals surface area contributed by atoms with E-state index in [0.29, 0.717) is 6.42 Å². The van der Waals surface area contributed by atoms with Gasteiger partial charge >= 0.3 is 5.97 Å². The van der Waals surface area contributed by atoms with Crippen LogP contribution in [0.5, 0.6) is 11.5 Å². The summed E-state index contributed by atoms with van der Waals surface area (Å²) in [5.74, 6) is 0.963. The molecule has 0 radical (unpaired) electrons. The van der Waals surface area contributed by atoms with Gasteiger partial charge in [0.05, 0.1) is 11.4 Å². The van der Waals surface area contributed by atoms with E-state index in [9.17, 15) is 4.79 Å². The van der Waals surface area contributed by atoms with Gasteiger partial charge in [0.1, 0.15) is 0 Å². The van der Waals surface area contributed by atoms with Gasteiger partial charge in [-0.2, -0.15) is 0 Å². The van der Waals surface area contributed by atoms with Gasteiger partial charge in [0, 0.05) is 49.6 Å². The van der Waals surface area contributed by atoms with Crippen LogP contribution in [0.1, 0.15) is 36.8 Å². The lowest BCUT2D eigenvalue weighted by atomic mass is 9.98. The van der Waals surface area contributed by atoms with Crippen LogP contribution in [0, 0.1) is 0 Å². The molecule has 3 heterocycles. The van der Waals surface area contributed by atoms with E-state index in [0.717, 1.165) is 68.2 Å². The van der Waals surface area contributed by atoms with Crippen LogP contribution in [0.2, 0.25) is 0 Å². The third-order valence-corrected chi connectivity index (χ3v) is 5.85. The Kier molecular flexibility index (Phi) is 4.26. The quantitative estimate of drug-likeness (QED) is 0.619. The molecule has 6 nitrogen and oxygen atoms in total. The van der Waals surface area contributed by atoms with Gasteiger partial charge in [-0.15, -0.1) is 0 Å². The Morgan fingerprint density at radius 1 is 1.04 bits per heavy atom. The van der Waals surface area contributed by atoms with Crippen LogP contribution in [0.3, 0.4) is 0 Å². The van der Waals surface area contributed by atoms with Crippen molar-refractivity contribution in [1.82, 2.24) is 0 Å². The lowest BCUT2D eigenvalue weighted by Gasteiger charge is -2.33. The topological polar surface area (TPSA) is 73.8 Å². The molecule has 0 saturated carbocycles. The molecule has 0 aromatic heterocycles. The van der Waals surface area contributed by atoms with Gasteiger partial charge in [-0.25, -0.2) is 0 Å². The molecule has 3 N–H and O–H groups in total. The summed E-state index contributed by atoms with van der Waals surface area (Å²) in [4.78, 5) is 13.1. The maximum absolute atomic E-state index is 10.8. The van der Waals surface area contributed by atoms with Crippen molar-refractivity contribution in [1.29, 1.82) is 0 Å². The van der Waals surface area contributed by atoms with Crippen LogP contribution in [-0.2, 0) is 17.6 Å². The zero-order valence-corrected chi connectivity index (χ0v) is 15.9. The Hall–Kier alpha value is -2.89. The first-order valence-corrected chi connectivity index (χ1v) is 10.2. The highest BCUT2D eigenvalue weighted by Crippen LogP contribution is 2.47. The molecule has 3 aliphatic rings. The molecule has 5 rings (SSSR count). The van der Waals surface area contributed by atoms with E-state index >= 15 is 0 Å². The molecule has 6 heteroatoms. The zero-order valence-electron chi connectivity index (χ0n) is 15.9. The van der Waals surface area contributed by atoms with E-state index in [1.54, 1.807) is 0 Å². The summed E-state index contributed by atoms with van der Waals surface area (Å²) in [6.45, 7) is 2.74. The Morgan fingerprint density at radius 3 is 2.68 bits per heavy atom. The molecular weight excluding hydrogens is 354 g/mol. The number of ether oxygens (including phenoxy) is 1. The number of aliphatic carboxylic acids is 1. The van der Waals surface area contributed by atoms with E-state index in [-0.39, 0.29) is 6.42 Å². The van der Waals surface area contributed by atoms with Crippen LogP contribution in [0.25, 0.3) is 0 Å². The number of hydrogen-bond donors (Lipinski definition) is 3. The largest absolute Gasteiger partial charge is 0.481 e. The molecule has 3 aliphatic heterocycles. The Balaban J connectivity index is 1.43. The van der Waals surface area contributed by atoms with Gasteiger partial charge < -0.3 is 25.4 Å². The van der Waals surface area contributed by atoms with E-state index < -0.39 is 5.97 Å². The average Bonchev–Trinajstić information content (AvgIpc) is 2.69. The van der Waals surface area contributed by atoms with Crippen molar-refractivity contribution in [3.8, 4) is 11.5 Å². The fourth-order valence-electron chi connectivity index (χ4n) is 4.47. The number of aryl methyl sites for hydroxylation is 2. The van der Waals surface area contributed by atoms with Gasteiger partial charge in [0.25, 0.3) is 0 Å². The van der Waals surface area contributed by atoms with Crippen LogP contribution in [0.15, 0.2) is 24.3 Å². The number of carboxylic acid groups (broad SMARTS) is 1. The van der Waals surface area contributed by atoms with Crippen molar-refractivity contribution in [3.05, 3.63) is 35.4 Å². The standard InChI is InChI=1S/C22H25N3O3/c26-22(27)6-3-9-25-8-2-5-15-11-18-21(13-19(15)25)28-20-12-16-14(4-1-7-23-16)10-17(20)24-18/h10-13,23-24H,1-9H2,(H,26,27). The summed E-state index contributed by atoms with van der Waals surface area (Å²) in [7, 11) is 0. The molecule has 0 aliphatic carbocycles. The Labute approximate surface area is 164 Å². The number of nitrogens with one attached hydrogen (secondary N) is 2. The molecule has 0 unspecified atom stereocenters. The van der Waals surface area contributed by atoms with Crippen molar-refractivity contribution >= 4 is 28.7 Å². The predicted octanol–water partition coefficient (Wildman–Crippen LogP) is 4.51. The number of carbonyl (C=O) groups is 1. The second kappa shape index (κ2) is 6.93.